The maximum Gasteiger partial charge on any atom is 0.293 e. The summed E-state index contributed by atoms with van der Waals surface area (Å²) < 4.78 is 1.55. The van der Waals surface area contributed by atoms with Crippen molar-refractivity contribution in [1.29, 1.82) is 0 Å². The van der Waals surface area contributed by atoms with Crippen molar-refractivity contribution < 1.29 is 4.79 Å². The highest BCUT2D eigenvalue weighted by molar-refractivity contribution is 5.75. The van der Waals surface area contributed by atoms with Crippen LogP contribution >= 0.6 is 0 Å². The van der Waals surface area contributed by atoms with Crippen molar-refractivity contribution in [2.24, 2.45) is 0 Å². The summed E-state index contributed by atoms with van der Waals surface area (Å²) in [4.78, 5) is 26.6. The van der Waals surface area contributed by atoms with Crippen molar-refractivity contribution in [2.45, 2.75) is 19.9 Å². The molecule has 0 radical (unpaired) electrons. The van der Waals surface area contributed by atoms with E-state index in [1.807, 2.05) is 6.92 Å². The lowest BCUT2D eigenvalue weighted by molar-refractivity contribution is -0.120. The minimum Gasteiger partial charge on any atom is -0.365 e. The van der Waals surface area contributed by atoms with Gasteiger partial charge in [-0.1, -0.05) is 0 Å². The van der Waals surface area contributed by atoms with Crippen molar-refractivity contribution in [3.05, 3.63) is 22.7 Å². The van der Waals surface area contributed by atoms with E-state index in [-0.39, 0.29) is 17.3 Å². The Morgan fingerprint density at radius 2 is 2.31 bits per heavy atom. The highest BCUT2D eigenvalue weighted by atomic mass is 16.1. The minimum absolute atomic E-state index is 0.0701. The molecular formula is C10H16N4O2. The van der Waals surface area contributed by atoms with Gasteiger partial charge in [-0.25, -0.2) is 4.98 Å². The summed E-state index contributed by atoms with van der Waals surface area (Å²) >= 11 is 0. The van der Waals surface area contributed by atoms with Crippen LogP contribution in [0.25, 0.3) is 0 Å². The first kappa shape index (κ1) is 12.2. The molecular weight excluding hydrogens is 208 g/mol. The van der Waals surface area contributed by atoms with Crippen LogP contribution < -0.4 is 16.2 Å². The molecule has 0 atom stereocenters. The van der Waals surface area contributed by atoms with Crippen LogP contribution in [0.3, 0.4) is 0 Å². The van der Waals surface area contributed by atoms with Gasteiger partial charge in [0.15, 0.2) is 5.82 Å². The molecule has 1 aromatic heterocycles. The zero-order chi connectivity index (χ0) is 12.0. The molecule has 0 unspecified atom stereocenters. The largest absolute Gasteiger partial charge is 0.365 e. The van der Waals surface area contributed by atoms with E-state index in [4.69, 9.17) is 0 Å². The van der Waals surface area contributed by atoms with E-state index in [1.165, 1.54) is 0 Å². The first-order valence-corrected chi connectivity index (χ1v) is 5.19. The number of aryl methyl sites for hydroxylation is 1. The van der Waals surface area contributed by atoms with E-state index in [0.717, 1.165) is 0 Å². The standard InChI is InChI=1S/C10H16N4O2/c1-3-14-7-6-13-9(10(14)16)12-5-4-8(15)11-2/h6-7H,3-5H2,1-2H3,(H,11,15)(H,12,13). The van der Waals surface area contributed by atoms with Crippen LogP contribution in [0.5, 0.6) is 0 Å². The fourth-order valence-corrected chi connectivity index (χ4v) is 1.24. The third-order valence-corrected chi connectivity index (χ3v) is 2.18. The number of hydrogen-bond donors (Lipinski definition) is 2. The smallest absolute Gasteiger partial charge is 0.293 e. The van der Waals surface area contributed by atoms with E-state index >= 15 is 0 Å². The molecule has 0 aromatic carbocycles. The summed E-state index contributed by atoms with van der Waals surface area (Å²) in [5.41, 5.74) is -0.165. The Kier molecular flexibility index (Phi) is 4.50. The number of hydrogen-bond acceptors (Lipinski definition) is 4. The molecule has 1 aromatic rings. The first-order valence-electron chi connectivity index (χ1n) is 5.19. The molecule has 1 heterocycles. The topological polar surface area (TPSA) is 76.0 Å². The van der Waals surface area contributed by atoms with Gasteiger partial charge in [0, 0.05) is 39.0 Å². The van der Waals surface area contributed by atoms with Gasteiger partial charge < -0.3 is 15.2 Å². The van der Waals surface area contributed by atoms with Gasteiger partial charge in [-0.3, -0.25) is 9.59 Å². The Balaban J connectivity index is 2.61. The Hall–Kier alpha value is -1.85. The van der Waals surface area contributed by atoms with Crippen molar-refractivity contribution in [3.8, 4) is 0 Å². The molecule has 0 saturated heterocycles. The van der Waals surface area contributed by atoms with Crippen molar-refractivity contribution >= 4 is 11.7 Å². The zero-order valence-corrected chi connectivity index (χ0v) is 9.49. The Morgan fingerprint density at radius 3 is 2.94 bits per heavy atom. The molecule has 16 heavy (non-hydrogen) atoms. The first-order chi connectivity index (χ1) is 7.69. The van der Waals surface area contributed by atoms with E-state index < -0.39 is 0 Å². The quantitative estimate of drug-likeness (QED) is 0.727. The fraction of sp³-hybridized carbons (Fsp3) is 0.500. The predicted molar refractivity (Wildman–Crippen MR) is 61.3 cm³/mol. The molecule has 2 N–H and O–H groups in total. The van der Waals surface area contributed by atoms with Gasteiger partial charge in [0.25, 0.3) is 5.56 Å². The maximum absolute atomic E-state index is 11.7. The summed E-state index contributed by atoms with van der Waals surface area (Å²) in [6, 6.07) is 0. The number of anilines is 1. The number of nitrogens with zero attached hydrogens (tertiary/aromatic N) is 2. The van der Waals surface area contributed by atoms with Gasteiger partial charge in [0.05, 0.1) is 0 Å². The predicted octanol–water partition coefficient (Wildman–Crippen LogP) is -0.189. The van der Waals surface area contributed by atoms with Gasteiger partial charge in [-0.05, 0) is 6.92 Å². The summed E-state index contributed by atoms with van der Waals surface area (Å²) in [7, 11) is 1.58. The number of aromatic nitrogens is 2. The molecule has 0 aliphatic carbocycles. The van der Waals surface area contributed by atoms with Crippen LogP contribution in [-0.4, -0.2) is 29.1 Å². The van der Waals surface area contributed by atoms with Gasteiger partial charge in [-0.2, -0.15) is 0 Å². The van der Waals surface area contributed by atoms with E-state index in [9.17, 15) is 9.59 Å². The Bertz CT molecular complexity index is 414. The van der Waals surface area contributed by atoms with Gasteiger partial charge in [-0.15, -0.1) is 0 Å². The molecule has 1 amide bonds. The van der Waals surface area contributed by atoms with Gasteiger partial charge in [0.1, 0.15) is 0 Å². The minimum atomic E-state index is -0.165. The van der Waals surface area contributed by atoms with Crippen molar-refractivity contribution in [2.75, 3.05) is 18.9 Å². The third-order valence-electron chi connectivity index (χ3n) is 2.18. The second-order valence-corrected chi connectivity index (χ2v) is 3.22. The lowest BCUT2D eigenvalue weighted by Crippen LogP contribution is -2.26. The van der Waals surface area contributed by atoms with Crippen LogP contribution in [-0.2, 0) is 11.3 Å². The molecule has 0 fully saturated rings. The van der Waals surface area contributed by atoms with Crippen LogP contribution in [0.2, 0.25) is 0 Å². The van der Waals surface area contributed by atoms with Crippen LogP contribution in [0.1, 0.15) is 13.3 Å². The second-order valence-electron chi connectivity index (χ2n) is 3.22. The number of nitrogens with one attached hydrogen (secondary N) is 2. The van der Waals surface area contributed by atoms with Crippen LogP contribution in [0.4, 0.5) is 5.82 Å². The average Bonchev–Trinajstić information content (AvgIpc) is 2.31. The lowest BCUT2D eigenvalue weighted by atomic mass is 10.4. The average molecular weight is 224 g/mol. The van der Waals surface area contributed by atoms with Crippen LogP contribution in [0.15, 0.2) is 17.2 Å². The molecule has 6 nitrogen and oxygen atoms in total. The molecule has 1 rings (SSSR count). The molecule has 0 saturated carbocycles. The summed E-state index contributed by atoms with van der Waals surface area (Å²) in [6.45, 7) is 2.89. The molecule has 88 valence electrons. The second kappa shape index (κ2) is 5.89. The highest BCUT2D eigenvalue weighted by Crippen LogP contribution is 1.93. The molecule has 0 spiro atoms. The number of amides is 1. The third kappa shape index (κ3) is 3.08. The van der Waals surface area contributed by atoms with Crippen molar-refractivity contribution in [3.63, 3.8) is 0 Å². The lowest BCUT2D eigenvalue weighted by Gasteiger charge is -2.06. The fourth-order valence-electron chi connectivity index (χ4n) is 1.24. The van der Waals surface area contributed by atoms with E-state index in [0.29, 0.717) is 19.5 Å². The maximum atomic E-state index is 11.7. The molecule has 6 heteroatoms. The van der Waals surface area contributed by atoms with Crippen molar-refractivity contribution in [1.82, 2.24) is 14.9 Å². The number of carbonyl (C=O) groups excluding carboxylic acids is 1. The summed E-state index contributed by atoms with van der Waals surface area (Å²) in [5.74, 6) is 0.215. The Morgan fingerprint density at radius 1 is 1.56 bits per heavy atom. The van der Waals surface area contributed by atoms with Gasteiger partial charge in [0.2, 0.25) is 5.91 Å². The number of rotatable bonds is 5. The monoisotopic (exact) mass is 224 g/mol. The zero-order valence-electron chi connectivity index (χ0n) is 9.49. The Labute approximate surface area is 93.7 Å². The number of carbonyl (C=O) groups is 1. The normalized spacial score (nSPS) is 9.88. The molecule has 0 bridgehead atoms. The van der Waals surface area contributed by atoms with Crippen LogP contribution in [0, 0.1) is 0 Å². The SMILES string of the molecule is CCn1ccnc(NCCC(=O)NC)c1=O. The molecule has 0 aliphatic rings. The van der Waals surface area contributed by atoms with E-state index in [1.54, 1.807) is 24.0 Å². The summed E-state index contributed by atoms with van der Waals surface area (Å²) in [5, 5.41) is 5.35. The summed E-state index contributed by atoms with van der Waals surface area (Å²) in [6.07, 6.45) is 3.51. The van der Waals surface area contributed by atoms with Gasteiger partial charge >= 0.3 is 0 Å². The highest BCUT2D eigenvalue weighted by Gasteiger charge is 2.03. The van der Waals surface area contributed by atoms with E-state index in [2.05, 4.69) is 15.6 Å². The molecule has 0 aliphatic heterocycles.